The molecule has 29 heavy (non-hydrogen) atoms. The molecule has 2 aromatic rings. The number of hydrogen-bond acceptors (Lipinski definition) is 6. The van der Waals surface area contributed by atoms with Crippen LogP contribution < -0.4 is 0 Å². The largest absolute Gasteiger partial charge is 0.339 e. The van der Waals surface area contributed by atoms with Crippen LogP contribution in [0.25, 0.3) is 11.4 Å². The Labute approximate surface area is 170 Å². The Balaban J connectivity index is 1.54. The summed E-state index contributed by atoms with van der Waals surface area (Å²) in [5, 5.41) is 3.90. The number of halogens is 1. The molecule has 0 spiro atoms. The number of carbonyl (C=O) groups excluding carboxylic acids is 1. The van der Waals surface area contributed by atoms with Gasteiger partial charge in [-0.15, -0.1) is 0 Å². The summed E-state index contributed by atoms with van der Waals surface area (Å²) < 4.78 is 41.8. The molecule has 7 nitrogen and oxygen atoms in total. The fourth-order valence-electron chi connectivity index (χ4n) is 3.47. The summed E-state index contributed by atoms with van der Waals surface area (Å²) in [6.07, 6.45) is 3.60. The van der Waals surface area contributed by atoms with E-state index in [0.717, 1.165) is 12.8 Å². The molecule has 158 valence electrons. The zero-order chi connectivity index (χ0) is 20.9. The molecular weight excluding hydrogens is 397 g/mol. The first-order valence-electron chi connectivity index (χ1n) is 9.96. The minimum absolute atomic E-state index is 0.0289. The summed E-state index contributed by atoms with van der Waals surface area (Å²) in [6.45, 7) is 2.63. The molecule has 1 aliphatic heterocycles. The molecule has 0 N–H and O–H groups in total. The number of sulfone groups is 1. The average molecular weight is 424 g/mol. The number of carbonyl (C=O) groups is 1. The van der Waals surface area contributed by atoms with E-state index in [0.29, 0.717) is 49.5 Å². The highest BCUT2D eigenvalue weighted by molar-refractivity contribution is 7.91. The lowest BCUT2D eigenvalue weighted by atomic mass is 10.1. The fourth-order valence-corrected chi connectivity index (χ4v) is 5.20. The molecule has 1 atom stereocenters. The van der Waals surface area contributed by atoms with Gasteiger partial charge >= 0.3 is 0 Å². The third-order valence-corrected chi connectivity index (χ3v) is 6.82. The van der Waals surface area contributed by atoms with Gasteiger partial charge in [0.05, 0.1) is 11.5 Å². The van der Waals surface area contributed by atoms with E-state index >= 15 is 0 Å². The molecule has 1 saturated heterocycles. The highest BCUT2D eigenvalue weighted by Gasteiger charge is 2.34. The molecule has 0 bridgehead atoms. The second-order valence-corrected chi connectivity index (χ2v) is 9.60. The molecule has 1 aromatic carbocycles. The van der Waals surface area contributed by atoms with Crippen LogP contribution in [0.1, 0.15) is 44.9 Å². The van der Waals surface area contributed by atoms with Gasteiger partial charge in [0.2, 0.25) is 17.6 Å². The lowest BCUT2D eigenvalue weighted by molar-refractivity contribution is -0.133. The van der Waals surface area contributed by atoms with Crippen LogP contribution in [0.2, 0.25) is 0 Å². The second kappa shape index (κ2) is 9.47. The predicted octanol–water partition coefficient (Wildman–Crippen LogP) is 3.01. The van der Waals surface area contributed by atoms with Crippen molar-refractivity contribution in [1.29, 1.82) is 0 Å². The molecule has 9 heteroatoms. The van der Waals surface area contributed by atoms with Crippen LogP contribution in [0.3, 0.4) is 0 Å². The number of amides is 1. The lowest BCUT2D eigenvalue weighted by Crippen LogP contribution is -2.41. The van der Waals surface area contributed by atoms with Crippen LogP contribution in [0, 0.1) is 5.82 Å². The molecule has 1 aliphatic rings. The van der Waals surface area contributed by atoms with Crippen LogP contribution in [0.15, 0.2) is 28.8 Å². The number of benzene rings is 1. The summed E-state index contributed by atoms with van der Waals surface area (Å²) in [6, 6.07) is 5.60. The average Bonchev–Trinajstić information content (AvgIpc) is 3.29. The normalized spacial score (nSPS) is 18.1. The van der Waals surface area contributed by atoms with Gasteiger partial charge in [0.25, 0.3) is 0 Å². The number of unbranched alkanes of at least 4 members (excludes halogenated alkanes) is 1. The maximum atomic E-state index is 13.0. The van der Waals surface area contributed by atoms with Gasteiger partial charge in [-0.05, 0) is 43.5 Å². The van der Waals surface area contributed by atoms with E-state index in [1.165, 1.54) is 12.1 Å². The summed E-state index contributed by atoms with van der Waals surface area (Å²) >= 11 is 0. The molecule has 0 aliphatic carbocycles. The van der Waals surface area contributed by atoms with Gasteiger partial charge in [-0.3, -0.25) is 4.79 Å². The fraction of sp³-hybridized carbons (Fsp3) is 0.550. The first-order valence-corrected chi connectivity index (χ1v) is 11.8. The summed E-state index contributed by atoms with van der Waals surface area (Å²) in [5.74, 6) is 0.653. The van der Waals surface area contributed by atoms with Crippen LogP contribution in [0.5, 0.6) is 0 Å². The van der Waals surface area contributed by atoms with Crippen molar-refractivity contribution in [3.8, 4) is 11.4 Å². The standard InChI is InChI=1S/C20H26FN3O4S/c1-2-3-12-24(17-11-13-29(26,27)14-17)19(25)6-4-5-18-22-20(23-28-18)15-7-9-16(21)10-8-15/h7-10,17H,2-6,11-14H2,1H3. The van der Waals surface area contributed by atoms with Crippen molar-refractivity contribution >= 4 is 15.7 Å². The lowest BCUT2D eigenvalue weighted by Gasteiger charge is -2.28. The van der Waals surface area contributed by atoms with Gasteiger partial charge in [0, 0.05) is 31.0 Å². The Morgan fingerprint density at radius 3 is 2.69 bits per heavy atom. The van der Waals surface area contributed by atoms with Crippen molar-refractivity contribution in [2.45, 2.75) is 51.5 Å². The van der Waals surface area contributed by atoms with Crippen molar-refractivity contribution in [2.75, 3.05) is 18.1 Å². The highest BCUT2D eigenvalue weighted by Crippen LogP contribution is 2.21. The third-order valence-electron chi connectivity index (χ3n) is 5.07. The number of aryl methyl sites for hydroxylation is 1. The molecule has 1 unspecified atom stereocenters. The van der Waals surface area contributed by atoms with E-state index in [4.69, 9.17) is 4.52 Å². The molecule has 2 heterocycles. The van der Waals surface area contributed by atoms with Crippen molar-refractivity contribution in [3.05, 3.63) is 36.0 Å². The van der Waals surface area contributed by atoms with Crippen molar-refractivity contribution in [1.82, 2.24) is 15.0 Å². The first kappa shape index (κ1) is 21.4. The van der Waals surface area contributed by atoms with Gasteiger partial charge in [-0.25, -0.2) is 12.8 Å². The summed E-state index contributed by atoms with van der Waals surface area (Å²) in [5.41, 5.74) is 0.658. The van der Waals surface area contributed by atoms with E-state index < -0.39 is 9.84 Å². The quantitative estimate of drug-likeness (QED) is 0.615. The van der Waals surface area contributed by atoms with Crippen LogP contribution in [-0.4, -0.2) is 53.5 Å². The maximum absolute atomic E-state index is 13.0. The molecule has 3 rings (SSSR count). The van der Waals surface area contributed by atoms with Crippen molar-refractivity contribution in [3.63, 3.8) is 0 Å². The Morgan fingerprint density at radius 2 is 2.03 bits per heavy atom. The molecule has 1 fully saturated rings. The Kier molecular flexibility index (Phi) is 7.00. The molecule has 1 aromatic heterocycles. The van der Waals surface area contributed by atoms with Gasteiger partial charge in [0.1, 0.15) is 5.82 Å². The van der Waals surface area contributed by atoms with Crippen LogP contribution in [-0.2, 0) is 21.1 Å². The van der Waals surface area contributed by atoms with E-state index in [9.17, 15) is 17.6 Å². The molecule has 0 saturated carbocycles. The summed E-state index contributed by atoms with van der Waals surface area (Å²) in [7, 11) is -3.04. The number of nitrogens with zero attached hydrogens (tertiary/aromatic N) is 3. The van der Waals surface area contributed by atoms with Crippen molar-refractivity contribution in [2.24, 2.45) is 0 Å². The topological polar surface area (TPSA) is 93.4 Å². The zero-order valence-corrected chi connectivity index (χ0v) is 17.3. The first-order chi connectivity index (χ1) is 13.9. The van der Waals surface area contributed by atoms with Crippen LogP contribution in [0.4, 0.5) is 4.39 Å². The van der Waals surface area contributed by atoms with E-state index in [-0.39, 0.29) is 29.3 Å². The minimum atomic E-state index is -3.04. The Hall–Kier alpha value is -2.29. The Morgan fingerprint density at radius 1 is 1.28 bits per heavy atom. The predicted molar refractivity (Wildman–Crippen MR) is 106 cm³/mol. The second-order valence-electron chi connectivity index (χ2n) is 7.37. The number of hydrogen-bond donors (Lipinski definition) is 0. The van der Waals surface area contributed by atoms with Crippen molar-refractivity contribution < 1.29 is 22.1 Å². The van der Waals surface area contributed by atoms with Gasteiger partial charge in [0.15, 0.2) is 9.84 Å². The monoisotopic (exact) mass is 423 g/mol. The minimum Gasteiger partial charge on any atom is -0.339 e. The van der Waals surface area contributed by atoms with E-state index in [1.54, 1.807) is 17.0 Å². The van der Waals surface area contributed by atoms with E-state index in [1.807, 2.05) is 6.92 Å². The van der Waals surface area contributed by atoms with Gasteiger partial charge < -0.3 is 9.42 Å². The Bertz CT molecular complexity index is 927. The smallest absolute Gasteiger partial charge is 0.226 e. The number of aromatic nitrogens is 2. The third kappa shape index (κ3) is 5.85. The summed E-state index contributed by atoms with van der Waals surface area (Å²) in [4.78, 5) is 18.8. The molecule has 0 radical (unpaired) electrons. The maximum Gasteiger partial charge on any atom is 0.226 e. The van der Waals surface area contributed by atoms with E-state index in [2.05, 4.69) is 10.1 Å². The van der Waals surface area contributed by atoms with Gasteiger partial charge in [-0.1, -0.05) is 18.5 Å². The molecular formula is C20H26FN3O4S. The zero-order valence-electron chi connectivity index (χ0n) is 16.5. The highest BCUT2D eigenvalue weighted by atomic mass is 32.2. The SMILES string of the molecule is CCCCN(C(=O)CCCc1nc(-c2ccc(F)cc2)no1)C1CCS(=O)(=O)C1. The van der Waals surface area contributed by atoms with Gasteiger partial charge in [-0.2, -0.15) is 4.98 Å². The van der Waals surface area contributed by atoms with Crippen LogP contribution >= 0.6 is 0 Å². The molecule has 1 amide bonds. The number of rotatable bonds is 9.